The summed E-state index contributed by atoms with van der Waals surface area (Å²) in [4.78, 5) is 21.0. The maximum atomic E-state index is 12.5. The van der Waals surface area contributed by atoms with Crippen LogP contribution in [-0.4, -0.2) is 44.2 Å². The fourth-order valence-electron chi connectivity index (χ4n) is 2.21. The molecular formula is C18H18N2O8S. The lowest BCUT2D eigenvalue weighted by atomic mass is 10.2. The molecule has 10 nitrogen and oxygen atoms in total. The van der Waals surface area contributed by atoms with Crippen molar-refractivity contribution in [1.82, 2.24) is 0 Å². The summed E-state index contributed by atoms with van der Waals surface area (Å²) in [6.07, 6.45) is 1.19. The van der Waals surface area contributed by atoms with Gasteiger partial charge in [0.05, 0.1) is 9.82 Å². The lowest BCUT2D eigenvalue weighted by Crippen LogP contribution is -2.10. The Hall–Kier alpha value is -3.44. The highest BCUT2D eigenvalue weighted by molar-refractivity contribution is 7.94. The Morgan fingerprint density at radius 1 is 1.21 bits per heavy atom. The van der Waals surface area contributed by atoms with Crippen LogP contribution in [0.4, 0.5) is 5.69 Å². The minimum atomic E-state index is -3.84. The number of rotatable bonds is 10. The summed E-state index contributed by atoms with van der Waals surface area (Å²) >= 11 is 0. The smallest absolute Gasteiger partial charge is 0.341 e. The predicted octanol–water partition coefficient (Wildman–Crippen LogP) is 1.84. The molecule has 0 spiro atoms. The van der Waals surface area contributed by atoms with Gasteiger partial charge in [0.2, 0.25) is 0 Å². The average molecular weight is 422 g/mol. The molecule has 0 amide bonds. The Morgan fingerprint density at radius 3 is 2.62 bits per heavy atom. The second kappa shape index (κ2) is 9.66. The third kappa shape index (κ3) is 6.30. The van der Waals surface area contributed by atoms with Gasteiger partial charge in [-0.15, -0.1) is 0 Å². The highest BCUT2D eigenvalue weighted by Gasteiger charge is 2.17. The molecule has 0 heterocycles. The van der Waals surface area contributed by atoms with Gasteiger partial charge in [0.15, 0.2) is 22.2 Å². The molecule has 3 N–H and O–H groups in total. The molecule has 11 heteroatoms. The quantitative estimate of drug-likeness (QED) is 0.430. The van der Waals surface area contributed by atoms with Crippen molar-refractivity contribution in [3.63, 3.8) is 0 Å². The molecule has 2 rings (SSSR count). The maximum absolute atomic E-state index is 12.5. The number of carbonyl (C=O) groups is 1. The van der Waals surface area contributed by atoms with Crippen LogP contribution in [0.15, 0.2) is 52.8 Å². The topological polar surface area (TPSA) is 159 Å². The number of carboxylic acids is 1. The molecule has 0 saturated carbocycles. The van der Waals surface area contributed by atoms with E-state index in [1.165, 1.54) is 36.4 Å². The van der Waals surface area contributed by atoms with Crippen molar-refractivity contribution in [3.8, 4) is 11.5 Å². The molecule has 0 radical (unpaired) electrons. The summed E-state index contributed by atoms with van der Waals surface area (Å²) in [7, 11) is -3.84. The molecule has 0 fully saturated rings. The number of hydrogen-bond acceptors (Lipinski definition) is 8. The first-order valence-electron chi connectivity index (χ1n) is 8.22. The van der Waals surface area contributed by atoms with Crippen molar-refractivity contribution >= 4 is 27.6 Å². The Kier molecular flexibility index (Phi) is 7.28. The number of ether oxygens (including phenoxy) is 2. The van der Waals surface area contributed by atoms with Gasteiger partial charge in [-0.2, -0.15) is 0 Å². The number of nitrogens with two attached hydrogens (primary N) is 1. The van der Waals surface area contributed by atoms with E-state index < -0.39 is 33.0 Å². The zero-order chi connectivity index (χ0) is 21.4. The first-order chi connectivity index (χ1) is 13.7. The van der Waals surface area contributed by atoms with Crippen LogP contribution in [0.25, 0.3) is 6.08 Å². The predicted molar refractivity (Wildman–Crippen MR) is 103 cm³/mol. The van der Waals surface area contributed by atoms with Crippen LogP contribution in [0.3, 0.4) is 0 Å². The van der Waals surface area contributed by atoms with E-state index in [0.29, 0.717) is 5.75 Å². The Balaban J connectivity index is 2.26. The van der Waals surface area contributed by atoms with E-state index in [1.807, 2.05) is 0 Å². The van der Waals surface area contributed by atoms with Crippen LogP contribution in [0, 0.1) is 10.1 Å². The molecule has 0 aliphatic carbocycles. The van der Waals surface area contributed by atoms with E-state index >= 15 is 0 Å². The summed E-state index contributed by atoms with van der Waals surface area (Å²) in [5.74, 6) is -1.17. The molecular weight excluding hydrogens is 404 g/mol. The summed E-state index contributed by atoms with van der Waals surface area (Å²) < 4.78 is 35.2. The normalized spacial score (nSPS) is 11.3. The Labute approximate surface area is 166 Å². The molecule has 2 aromatic rings. The van der Waals surface area contributed by atoms with Crippen molar-refractivity contribution in [3.05, 3.63) is 63.6 Å². The molecule has 0 bridgehead atoms. The number of nitro groups is 1. The number of nitrogens with zero attached hydrogens (tertiary/aromatic N) is 1. The molecule has 0 unspecified atom stereocenters. The lowest BCUT2D eigenvalue weighted by Gasteiger charge is -2.06. The molecule has 29 heavy (non-hydrogen) atoms. The fraction of sp³-hybridized carbons (Fsp3) is 0.167. The van der Waals surface area contributed by atoms with Crippen LogP contribution in [0.1, 0.15) is 5.56 Å². The van der Waals surface area contributed by atoms with Gasteiger partial charge < -0.3 is 20.3 Å². The van der Waals surface area contributed by atoms with Crippen molar-refractivity contribution < 1.29 is 32.7 Å². The maximum Gasteiger partial charge on any atom is 0.341 e. The highest BCUT2D eigenvalue weighted by Crippen LogP contribution is 2.29. The van der Waals surface area contributed by atoms with Crippen LogP contribution in [-0.2, 0) is 14.6 Å². The average Bonchev–Trinajstić information content (AvgIpc) is 2.69. The van der Waals surface area contributed by atoms with Crippen molar-refractivity contribution in [2.45, 2.75) is 4.90 Å². The summed E-state index contributed by atoms with van der Waals surface area (Å²) in [5, 5.41) is 20.7. The zero-order valence-electron chi connectivity index (χ0n) is 15.1. The second-order valence-corrected chi connectivity index (χ2v) is 7.46. The molecule has 2 aromatic carbocycles. The monoisotopic (exact) mass is 422 g/mol. The van der Waals surface area contributed by atoms with Crippen LogP contribution >= 0.6 is 0 Å². The highest BCUT2D eigenvalue weighted by atomic mass is 32.2. The number of sulfone groups is 1. The number of hydrogen-bond donors (Lipinski definition) is 2. The van der Waals surface area contributed by atoms with E-state index in [1.54, 1.807) is 6.07 Å². The largest absolute Gasteiger partial charge is 0.492 e. The minimum Gasteiger partial charge on any atom is -0.492 e. The van der Waals surface area contributed by atoms with Gasteiger partial charge >= 0.3 is 11.7 Å². The third-order valence-electron chi connectivity index (χ3n) is 3.49. The summed E-state index contributed by atoms with van der Waals surface area (Å²) in [6, 6.07) is 9.51. The minimum absolute atomic E-state index is 0.0146. The van der Waals surface area contributed by atoms with Crippen molar-refractivity contribution in [2.24, 2.45) is 5.73 Å². The molecule has 0 atom stereocenters. The van der Waals surface area contributed by atoms with E-state index in [2.05, 4.69) is 0 Å². The molecule has 0 aliphatic heterocycles. The fourth-order valence-corrected chi connectivity index (χ4v) is 3.25. The van der Waals surface area contributed by atoms with Crippen LogP contribution < -0.4 is 15.2 Å². The molecule has 0 aliphatic rings. The summed E-state index contributed by atoms with van der Waals surface area (Å²) in [5.41, 5.74) is 5.09. The van der Waals surface area contributed by atoms with Gasteiger partial charge in [0.1, 0.15) is 12.4 Å². The van der Waals surface area contributed by atoms with Crippen LogP contribution in [0.5, 0.6) is 11.5 Å². The number of aliphatic carboxylic acids is 1. The lowest BCUT2D eigenvalue weighted by molar-refractivity contribution is -0.385. The van der Waals surface area contributed by atoms with Gasteiger partial charge in [-0.25, -0.2) is 13.2 Å². The SMILES string of the molecule is NCCOc1cccc(S(=O)(=O)C=Cc2ccc(OCC(=O)O)c([N+](=O)[O-])c2)c1. The zero-order valence-corrected chi connectivity index (χ0v) is 15.9. The Bertz CT molecular complexity index is 1030. The van der Waals surface area contributed by atoms with E-state index in [0.717, 1.165) is 11.5 Å². The third-order valence-corrected chi connectivity index (χ3v) is 4.90. The van der Waals surface area contributed by atoms with E-state index in [4.69, 9.17) is 20.3 Å². The second-order valence-electron chi connectivity index (χ2n) is 5.63. The summed E-state index contributed by atoms with van der Waals surface area (Å²) in [6.45, 7) is -0.228. The van der Waals surface area contributed by atoms with Crippen LogP contribution in [0.2, 0.25) is 0 Å². The van der Waals surface area contributed by atoms with E-state index in [9.17, 15) is 23.3 Å². The molecule has 0 aromatic heterocycles. The first-order valence-corrected chi connectivity index (χ1v) is 9.76. The van der Waals surface area contributed by atoms with Gasteiger partial charge in [-0.1, -0.05) is 12.1 Å². The van der Waals surface area contributed by atoms with Gasteiger partial charge in [-0.3, -0.25) is 10.1 Å². The van der Waals surface area contributed by atoms with Gasteiger partial charge in [-0.05, 0) is 35.9 Å². The van der Waals surface area contributed by atoms with Crippen molar-refractivity contribution in [1.29, 1.82) is 0 Å². The number of benzene rings is 2. The van der Waals surface area contributed by atoms with E-state index in [-0.39, 0.29) is 29.4 Å². The number of carboxylic acid groups (broad SMARTS) is 1. The van der Waals surface area contributed by atoms with Crippen molar-refractivity contribution in [2.75, 3.05) is 19.8 Å². The number of nitro benzene ring substituents is 1. The Morgan fingerprint density at radius 2 is 1.97 bits per heavy atom. The van der Waals surface area contributed by atoms with Gasteiger partial charge in [0, 0.05) is 18.0 Å². The van der Waals surface area contributed by atoms with Gasteiger partial charge in [0.25, 0.3) is 0 Å². The molecule has 0 saturated heterocycles. The molecule has 154 valence electrons. The first kappa shape index (κ1) is 21.9. The standard InChI is InChI=1S/C18H18N2O8S/c19-7-8-27-14-2-1-3-15(11-14)29(25,26)9-6-13-4-5-17(28-12-18(21)22)16(10-13)20(23)24/h1-6,9-11H,7-8,12,19H2,(H,21,22).